The standard InChI is InChI=1S/C29H41NO4.C25H35NO4.C4H7Br/c1-7-8-14-30-15-13-28-22-18-9-10-19(31)23(22)34-24(28)29(33-6)12-11-27(28,21(30)16-18)17-20(29)26(5,32)25(2,3)4;1-21(2,3)22(4,28)16-13-23-8-9-25(16,29-5)20-24(23)10-11-26-17(23)12-14-6-7-15(27)19(30-20)18(14)24;1-2-3-4-5/h7,9-10,20-21,24,31-32H,1,8,11-17H2,2-6H3;6-7,16-17,20,26-28H,8-13H2,1-5H3;2H,1,3-4H2/t20-,21?,24?,26+,27-,28+,29-;16-,17?,20?,22+,23-,24+,25-;/m11./s1. The quantitative estimate of drug-likeness (QED) is 0.122. The van der Waals surface area contributed by atoms with Crippen molar-refractivity contribution in [3.8, 4) is 23.0 Å². The van der Waals surface area contributed by atoms with Gasteiger partial charge in [0.05, 0.1) is 11.2 Å². The molecule has 2 aromatic rings. The van der Waals surface area contributed by atoms with Crippen molar-refractivity contribution >= 4 is 15.9 Å². The van der Waals surface area contributed by atoms with Crippen molar-refractivity contribution in [3.05, 3.63) is 71.8 Å². The lowest BCUT2D eigenvalue weighted by molar-refractivity contribution is -0.312. The van der Waals surface area contributed by atoms with E-state index in [0.29, 0.717) is 23.6 Å². The van der Waals surface area contributed by atoms with E-state index in [1.807, 2.05) is 39.2 Å². The largest absolute Gasteiger partial charge is 0.504 e. The zero-order valence-electron chi connectivity index (χ0n) is 43.4. The van der Waals surface area contributed by atoms with Gasteiger partial charge in [-0.05, 0) is 138 Å². The minimum atomic E-state index is -0.932. The highest BCUT2D eigenvalue weighted by molar-refractivity contribution is 9.09. The third kappa shape index (κ3) is 6.04. The minimum absolute atomic E-state index is 0.0106. The van der Waals surface area contributed by atoms with Crippen LogP contribution in [0.3, 0.4) is 0 Å². The van der Waals surface area contributed by atoms with Gasteiger partial charge in [-0.3, -0.25) is 4.90 Å². The molecule has 8 fully saturated rings. The Hall–Kier alpha value is -2.64. The summed E-state index contributed by atoms with van der Waals surface area (Å²) in [7, 11) is 3.61. The number of methoxy groups -OCH3 is 2. The fourth-order valence-corrected chi connectivity index (χ4v) is 18.2. The molecule has 5 N–H and O–H groups in total. The minimum Gasteiger partial charge on any atom is -0.504 e. The maximum Gasteiger partial charge on any atom is 0.165 e. The van der Waals surface area contributed by atoms with Crippen LogP contribution < -0.4 is 14.8 Å². The Morgan fingerprint density at radius 3 is 1.68 bits per heavy atom. The SMILES string of the molecule is C=CCCBr.C=CCCN1CC[C@]23c4c5ccc(O)c4OC2[C@@]2(OC)CC[C@@]3(C[C@@H]2[C@](C)(O)C(C)(C)C)C1C5.CO[C@]12CC[C@@]3(C[C@@H]1[C@](C)(O)C(C)(C)C)C1Cc4ccc(O)c5c4[C@@]3(CCN1)C2O5. The van der Waals surface area contributed by atoms with Gasteiger partial charge in [0.15, 0.2) is 23.0 Å². The summed E-state index contributed by atoms with van der Waals surface area (Å²) in [6, 6.07) is 8.59. The molecule has 8 aliphatic carbocycles. The zero-order chi connectivity index (χ0) is 49.8. The van der Waals surface area contributed by atoms with Crippen molar-refractivity contribution in [1.82, 2.24) is 10.2 Å². The molecule has 69 heavy (non-hydrogen) atoms. The molecule has 12 aliphatic rings. The van der Waals surface area contributed by atoms with Crippen molar-refractivity contribution in [2.24, 2.45) is 33.5 Å². The summed E-state index contributed by atoms with van der Waals surface area (Å²) in [6.45, 7) is 27.3. The molecule has 2 aromatic carbocycles. The summed E-state index contributed by atoms with van der Waals surface area (Å²) >= 11 is 3.24. The molecule has 4 unspecified atom stereocenters. The number of benzene rings is 2. The molecule has 4 heterocycles. The highest BCUT2D eigenvalue weighted by atomic mass is 79.9. The third-order valence-electron chi connectivity index (χ3n) is 22.0. The Kier molecular flexibility index (Phi) is 11.7. The van der Waals surface area contributed by atoms with E-state index in [-0.39, 0.29) is 68.0 Å². The second kappa shape index (κ2) is 16.2. The van der Waals surface area contributed by atoms with Gasteiger partial charge < -0.3 is 44.7 Å². The summed E-state index contributed by atoms with van der Waals surface area (Å²) in [6.07, 6.45) is 15.3. The Bertz CT molecular complexity index is 2390. The van der Waals surface area contributed by atoms with Gasteiger partial charge in [0, 0.05) is 82.8 Å². The molecule has 380 valence electrons. The third-order valence-corrected chi connectivity index (χ3v) is 22.4. The van der Waals surface area contributed by atoms with E-state index in [4.69, 9.17) is 18.9 Å². The molecule has 4 spiro atoms. The van der Waals surface area contributed by atoms with E-state index in [9.17, 15) is 20.4 Å². The molecule has 0 aromatic heterocycles. The molecule has 14 atom stereocenters. The van der Waals surface area contributed by atoms with Crippen LogP contribution in [0.5, 0.6) is 23.0 Å². The lowest BCUT2D eigenvalue weighted by Crippen LogP contribution is -2.83. The summed E-state index contributed by atoms with van der Waals surface area (Å²) in [5.74, 6) is 1.76. The lowest BCUT2D eigenvalue weighted by atomic mass is 9.33. The van der Waals surface area contributed by atoms with E-state index in [1.54, 1.807) is 13.2 Å². The number of ether oxygens (including phenoxy) is 4. The van der Waals surface area contributed by atoms with Crippen LogP contribution in [-0.4, -0.2) is 111 Å². The molecule has 2 saturated heterocycles. The van der Waals surface area contributed by atoms with Crippen LogP contribution in [0.25, 0.3) is 0 Å². The summed E-state index contributed by atoms with van der Waals surface area (Å²) in [5, 5.41) is 50.8. The van der Waals surface area contributed by atoms with Crippen LogP contribution in [-0.2, 0) is 33.1 Å². The first-order valence-corrected chi connectivity index (χ1v) is 27.4. The van der Waals surface area contributed by atoms with E-state index in [0.717, 1.165) is 102 Å². The van der Waals surface area contributed by atoms with Gasteiger partial charge in [0.1, 0.15) is 23.4 Å². The molecule has 14 rings (SSSR count). The number of hydrogen-bond donors (Lipinski definition) is 5. The number of rotatable bonds is 9. The van der Waals surface area contributed by atoms with Crippen molar-refractivity contribution < 1.29 is 39.4 Å². The number of alkyl halides is 1. The van der Waals surface area contributed by atoms with Crippen LogP contribution in [0.15, 0.2) is 49.6 Å². The smallest absolute Gasteiger partial charge is 0.165 e. The van der Waals surface area contributed by atoms with Crippen molar-refractivity contribution in [1.29, 1.82) is 0 Å². The molecular formula is C58H83BrN2O8. The van der Waals surface area contributed by atoms with Gasteiger partial charge >= 0.3 is 0 Å². The van der Waals surface area contributed by atoms with E-state index in [2.05, 4.69) is 93.0 Å². The summed E-state index contributed by atoms with van der Waals surface area (Å²) in [5.41, 5.74) is 1.22. The van der Waals surface area contributed by atoms with E-state index < -0.39 is 22.4 Å². The summed E-state index contributed by atoms with van der Waals surface area (Å²) < 4.78 is 26.6. The highest BCUT2D eigenvalue weighted by Crippen LogP contribution is 2.79. The van der Waals surface area contributed by atoms with E-state index in [1.165, 1.54) is 22.3 Å². The van der Waals surface area contributed by atoms with Gasteiger partial charge in [-0.2, -0.15) is 0 Å². The Labute approximate surface area is 421 Å². The van der Waals surface area contributed by atoms with Crippen molar-refractivity contribution in [2.45, 2.75) is 190 Å². The number of likely N-dealkylation sites (tertiary alicyclic amines) is 1. The molecule has 8 bridgehead atoms. The van der Waals surface area contributed by atoms with Crippen LogP contribution >= 0.6 is 15.9 Å². The predicted molar refractivity (Wildman–Crippen MR) is 275 cm³/mol. The zero-order valence-corrected chi connectivity index (χ0v) is 45.0. The van der Waals surface area contributed by atoms with Gasteiger partial charge in [-0.1, -0.05) is 81.8 Å². The van der Waals surface area contributed by atoms with E-state index >= 15 is 0 Å². The first kappa shape index (κ1) is 49.9. The molecule has 10 nitrogen and oxygen atoms in total. The Balaban J connectivity index is 0.000000147. The number of phenols is 2. The Morgan fingerprint density at radius 1 is 0.710 bits per heavy atom. The van der Waals surface area contributed by atoms with Gasteiger partial charge in [-0.15, -0.1) is 13.2 Å². The average Bonchev–Trinajstić information content (AvgIpc) is 3.87. The number of allylic oxidation sites excluding steroid dienone is 1. The summed E-state index contributed by atoms with van der Waals surface area (Å²) in [4.78, 5) is 2.70. The van der Waals surface area contributed by atoms with Crippen molar-refractivity contribution in [2.75, 3.05) is 39.2 Å². The fraction of sp³-hybridized carbons (Fsp3) is 0.724. The first-order valence-electron chi connectivity index (χ1n) is 26.3. The number of nitrogens with zero attached hydrogens (tertiary/aromatic N) is 1. The normalized spacial score (nSPS) is 40.5. The maximum atomic E-state index is 12.2. The van der Waals surface area contributed by atoms with Crippen LogP contribution in [0, 0.1) is 33.5 Å². The molecule has 0 radical (unpaired) electrons. The number of phenolic OH excluding ortho intramolecular Hbond substituents is 2. The number of aliphatic hydroxyl groups is 2. The maximum absolute atomic E-state index is 12.2. The van der Waals surface area contributed by atoms with Crippen LogP contribution in [0.2, 0.25) is 0 Å². The fourth-order valence-electron chi connectivity index (χ4n) is 17.9. The number of fused-ring (bicyclic) bond motifs is 4. The topological polar surface area (TPSA) is 133 Å². The Morgan fingerprint density at radius 2 is 1.20 bits per heavy atom. The average molecular weight is 1020 g/mol. The lowest BCUT2D eigenvalue weighted by Gasteiger charge is -2.75. The second-order valence-electron chi connectivity index (χ2n) is 25.6. The number of nitrogens with one attached hydrogen (secondary N) is 1. The van der Waals surface area contributed by atoms with Gasteiger partial charge in [0.25, 0.3) is 0 Å². The molecule has 6 saturated carbocycles. The van der Waals surface area contributed by atoms with Crippen LogP contribution in [0.4, 0.5) is 0 Å². The van der Waals surface area contributed by atoms with Gasteiger partial charge in [0.2, 0.25) is 0 Å². The number of aromatic hydroxyl groups is 2. The number of halogens is 1. The van der Waals surface area contributed by atoms with Crippen LogP contribution in [0.1, 0.15) is 142 Å². The van der Waals surface area contributed by atoms with Crippen molar-refractivity contribution in [3.63, 3.8) is 0 Å². The second-order valence-corrected chi connectivity index (χ2v) is 26.4. The number of hydrogen-bond acceptors (Lipinski definition) is 10. The monoisotopic (exact) mass is 1010 g/mol. The van der Waals surface area contributed by atoms with Gasteiger partial charge in [-0.25, -0.2) is 0 Å². The highest BCUT2D eigenvalue weighted by Gasteiger charge is 2.84. The number of piperidine rings is 2. The molecule has 0 amide bonds. The first-order chi connectivity index (χ1) is 32.5. The predicted octanol–water partition coefficient (Wildman–Crippen LogP) is 9.83. The molecule has 11 heteroatoms. The molecular weight excluding hydrogens is 933 g/mol. The molecule has 4 aliphatic heterocycles.